The van der Waals surface area contributed by atoms with E-state index in [-0.39, 0.29) is 0 Å². The van der Waals surface area contributed by atoms with Gasteiger partial charge < -0.3 is 15.5 Å². The van der Waals surface area contributed by atoms with Crippen molar-refractivity contribution in [3.63, 3.8) is 0 Å². The fourth-order valence-corrected chi connectivity index (χ4v) is 2.35. The summed E-state index contributed by atoms with van der Waals surface area (Å²) < 4.78 is 0. The van der Waals surface area contributed by atoms with Gasteiger partial charge in [-0.15, -0.1) is 0 Å². The van der Waals surface area contributed by atoms with E-state index in [0.29, 0.717) is 0 Å². The van der Waals surface area contributed by atoms with Crippen LogP contribution < -0.4 is 10.6 Å². The first-order valence-corrected chi connectivity index (χ1v) is 6.86. The molecule has 1 aliphatic heterocycles. The van der Waals surface area contributed by atoms with Crippen LogP contribution >= 0.6 is 0 Å². The molecule has 1 heterocycles. The Bertz CT molecular complexity index is 163. The molecule has 0 amide bonds. The number of hydrogen-bond acceptors (Lipinski definition) is 3. The Morgan fingerprint density at radius 2 is 1.75 bits per heavy atom. The van der Waals surface area contributed by atoms with E-state index in [1.54, 1.807) is 0 Å². The summed E-state index contributed by atoms with van der Waals surface area (Å²) in [6, 6.07) is 1.49. The highest BCUT2D eigenvalue weighted by Crippen LogP contribution is 2.12. The summed E-state index contributed by atoms with van der Waals surface area (Å²) in [6.45, 7) is 9.47. The molecular formula is C13H29N3. The van der Waals surface area contributed by atoms with Gasteiger partial charge in [0, 0.05) is 12.1 Å². The molecule has 3 nitrogen and oxygen atoms in total. The molecule has 0 bridgehead atoms. The molecule has 16 heavy (non-hydrogen) atoms. The molecule has 1 aliphatic rings. The van der Waals surface area contributed by atoms with E-state index in [0.717, 1.165) is 18.6 Å². The molecule has 3 heteroatoms. The van der Waals surface area contributed by atoms with Gasteiger partial charge >= 0.3 is 0 Å². The van der Waals surface area contributed by atoms with E-state index in [2.05, 4.69) is 29.4 Å². The fraction of sp³-hybridized carbons (Fsp3) is 1.00. The summed E-state index contributed by atoms with van der Waals surface area (Å²) in [7, 11) is 2.02. The van der Waals surface area contributed by atoms with E-state index in [1.807, 2.05) is 7.05 Å². The van der Waals surface area contributed by atoms with Gasteiger partial charge in [0.25, 0.3) is 0 Å². The van der Waals surface area contributed by atoms with Gasteiger partial charge in [-0.2, -0.15) is 0 Å². The van der Waals surface area contributed by atoms with Crippen LogP contribution in [0.2, 0.25) is 0 Å². The number of hydrogen-bond donors (Lipinski definition) is 2. The van der Waals surface area contributed by atoms with E-state index in [9.17, 15) is 0 Å². The number of unbranched alkanes of at least 4 members (excludes halogenated alkanes) is 1. The zero-order chi connectivity index (χ0) is 11.8. The Morgan fingerprint density at radius 1 is 1.12 bits per heavy atom. The molecule has 0 radical (unpaired) electrons. The van der Waals surface area contributed by atoms with E-state index < -0.39 is 0 Å². The lowest BCUT2D eigenvalue weighted by molar-refractivity contribution is 0.161. The minimum Gasteiger partial charge on any atom is -0.320 e. The molecule has 96 valence electrons. The van der Waals surface area contributed by atoms with Crippen molar-refractivity contribution in [2.45, 2.75) is 51.6 Å². The van der Waals surface area contributed by atoms with Crippen LogP contribution in [-0.2, 0) is 0 Å². The predicted octanol–water partition coefficient (Wildman–Crippen LogP) is 1.45. The second-order valence-corrected chi connectivity index (χ2v) is 5.17. The minimum absolute atomic E-state index is 0.719. The van der Waals surface area contributed by atoms with Crippen molar-refractivity contribution in [2.24, 2.45) is 0 Å². The zero-order valence-electron chi connectivity index (χ0n) is 11.3. The first-order chi connectivity index (χ1) is 7.74. The molecule has 0 aromatic heterocycles. The van der Waals surface area contributed by atoms with Crippen molar-refractivity contribution in [1.82, 2.24) is 15.5 Å². The maximum Gasteiger partial charge on any atom is 0.00914 e. The van der Waals surface area contributed by atoms with Crippen LogP contribution in [0.25, 0.3) is 0 Å². The van der Waals surface area contributed by atoms with E-state index in [1.165, 1.54) is 45.3 Å². The average molecular weight is 227 g/mol. The fourth-order valence-electron chi connectivity index (χ4n) is 2.35. The molecule has 0 aromatic rings. The van der Waals surface area contributed by atoms with Crippen LogP contribution in [0.3, 0.4) is 0 Å². The Kier molecular flexibility index (Phi) is 7.01. The Balaban J connectivity index is 1.99. The lowest BCUT2D eigenvalue weighted by Gasteiger charge is -2.35. The second-order valence-electron chi connectivity index (χ2n) is 5.17. The lowest BCUT2D eigenvalue weighted by Crippen LogP contribution is -2.45. The summed E-state index contributed by atoms with van der Waals surface area (Å²) in [4.78, 5) is 2.58. The maximum atomic E-state index is 3.69. The largest absolute Gasteiger partial charge is 0.320 e. The van der Waals surface area contributed by atoms with Crippen molar-refractivity contribution in [1.29, 1.82) is 0 Å². The molecule has 0 atom stereocenters. The lowest BCUT2D eigenvalue weighted by atomic mass is 10.0. The Labute approximate surface area is 101 Å². The van der Waals surface area contributed by atoms with Crippen molar-refractivity contribution in [3.05, 3.63) is 0 Å². The molecule has 0 spiro atoms. The zero-order valence-corrected chi connectivity index (χ0v) is 11.3. The first-order valence-electron chi connectivity index (χ1n) is 6.86. The second kappa shape index (κ2) is 8.04. The van der Waals surface area contributed by atoms with Crippen molar-refractivity contribution < 1.29 is 0 Å². The van der Waals surface area contributed by atoms with Gasteiger partial charge in [-0.05, 0) is 72.8 Å². The van der Waals surface area contributed by atoms with Crippen LogP contribution in [0.15, 0.2) is 0 Å². The van der Waals surface area contributed by atoms with Gasteiger partial charge in [-0.25, -0.2) is 0 Å². The third kappa shape index (κ3) is 5.28. The molecule has 0 unspecified atom stereocenters. The molecule has 1 fully saturated rings. The van der Waals surface area contributed by atoms with Crippen LogP contribution in [0.5, 0.6) is 0 Å². The molecular weight excluding hydrogens is 198 g/mol. The Hall–Kier alpha value is -0.120. The minimum atomic E-state index is 0.719. The van der Waals surface area contributed by atoms with Gasteiger partial charge in [0.15, 0.2) is 0 Å². The van der Waals surface area contributed by atoms with Crippen molar-refractivity contribution in [3.8, 4) is 0 Å². The van der Waals surface area contributed by atoms with Crippen LogP contribution in [0.4, 0.5) is 0 Å². The number of nitrogens with zero attached hydrogens (tertiary/aromatic N) is 1. The Morgan fingerprint density at radius 3 is 2.31 bits per heavy atom. The van der Waals surface area contributed by atoms with Gasteiger partial charge in [0.2, 0.25) is 0 Å². The average Bonchev–Trinajstić information content (AvgIpc) is 2.29. The monoisotopic (exact) mass is 227 g/mol. The quantitative estimate of drug-likeness (QED) is 0.645. The van der Waals surface area contributed by atoms with E-state index >= 15 is 0 Å². The van der Waals surface area contributed by atoms with Gasteiger partial charge in [-0.3, -0.25) is 0 Å². The van der Waals surface area contributed by atoms with Crippen LogP contribution in [0, 0.1) is 0 Å². The van der Waals surface area contributed by atoms with Crippen molar-refractivity contribution in [2.75, 3.05) is 33.2 Å². The SMILES string of the molecule is CNCCCCNC1CCN(C(C)C)CC1. The summed E-state index contributed by atoms with van der Waals surface area (Å²) in [5, 5.41) is 6.88. The first kappa shape index (κ1) is 13.9. The third-order valence-electron chi connectivity index (χ3n) is 3.55. The molecule has 2 N–H and O–H groups in total. The summed E-state index contributed by atoms with van der Waals surface area (Å²) in [6.07, 6.45) is 5.23. The number of nitrogens with one attached hydrogen (secondary N) is 2. The highest BCUT2D eigenvalue weighted by Gasteiger charge is 2.19. The predicted molar refractivity (Wildman–Crippen MR) is 70.9 cm³/mol. The van der Waals surface area contributed by atoms with Crippen LogP contribution in [0.1, 0.15) is 39.5 Å². The molecule has 0 aromatic carbocycles. The normalized spacial score (nSPS) is 19.5. The van der Waals surface area contributed by atoms with Gasteiger partial charge in [0.05, 0.1) is 0 Å². The standard InChI is InChI=1S/C13H29N3/c1-12(2)16-10-6-13(7-11-16)15-9-5-4-8-14-3/h12-15H,4-11H2,1-3H3. The highest BCUT2D eigenvalue weighted by atomic mass is 15.2. The van der Waals surface area contributed by atoms with Crippen molar-refractivity contribution >= 4 is 0 Å². The van der Waals surface area contributed by atoms with Gasteiger partial charge in [-0.1, -0.05) is 0 Å². The molecule has 1 rings (SSSR count). The van der Waals surface area contributed by atoms with Crippen LogP contribution in [-0.4, -0.2) is 50.2 Å². The number of likely N-dealkylation sites (tertiary alicyclic amines) is 1. The molecule has 1 saturated heterocycles. The topological polar surface area (TPSA) is 27.3 Å². The number of rotatable bonds is 7. The maximum absolute atomic E-state index is 3.69. The van der Waals surface area contributed by atoms with E-state index in [4.69, 9.17) is 0 Å². The number of piperidine rings is 1. The third-order valence-corrected chi connectivity index (χ3v) is 3.55. The molecule has 0 saturated carbocycles. The summed E-state index contributed by atoms with van der Waals surface area (Å²) >= 11 is 0. The smallest absolute Gasteiger partial charge is 0.00914 e. The van der Waals surface area contributed by atoms with Gasteiger partial charge in [0.1, 0.15) is 0 Å². The molecule has 0 aliphatic carbocycles. The summed E-state index contributed by atoms with van der Waals surface area (Å²) in [5.41, 5.74) is 0. The summed E-state index contributed by atoms with van der Waals surface area (Å²) in [5.74, 6) is 0. The highest BCUT2D eigenvalue weighted by molar-refractivity contribution is 4.78.